The molecule has 2 aromatic rings. The molecule has 1 saturated carbocycles. The maximum Gasteiger partial charge on any atom is 0.251 e. The summed E-state index contributed by atoms with van der Waals surface area (Å²) >= 11 is 12.2. The molecule has 1 amide bonds. The summed E-state index contributed by atoms with van der Waals surface area (Å²) < 4.78 is 0. The van der Waals surface area contributed by atoms with Crippen molar-refractivity contribution in [2.75, 3.05) is 31.5 Å². The largest absolute Gasteiger partial charge is 0.352 e. The van der Waals surface area contributed by atoms with E-state index in [0.717, 1.165) is 43.3 Å². The number of hydrogen-bond acceptors (Lipinski definition) is 3. The van der Waals surface area contributed by atoms with Crippen LogP contribution in [0.5, 0.6) is 0 Å². The van der Waals surface area contributed by atoms with Gasteiger partial charge in [-0.15, -0.1) is 0 Å². The second-order valence-corrected chi connectivity index (χ2v) is 11.2. The van der Waals surface area contributed by atoms with Crippen LogP contribution in [0.4, 0.5) is 5.69 Å². The summed E-state index contributed by atoms with van der Waals surface area (Å²) in [7, 11) is 0. The molecule has 0 aromatic heterocycles. The summed E-state index contributed by atoms with van der Waals surface area (Å²) in [5.41, 5.74) is 2.53. The molecule has 2 fully saturated rings. The molecule has 1 heterocycles. The van der Waals surface area contributed by atoms with Gasteiger partial charge in [-0.1, -0.05) is 55.5 Å². The maximum absolute atomic E-state index is 12.7. The molecule has 8 heteroatoms. The van der Waals surface area contributed by atoms with Crippen molar-refractivity contribution in [3.8, 4) is 0 Å². The number of carbonyl (C=O) groups excluding carboxylic acids is 1. The SMILES string of the molecule is C[C@@H]1CCCCC[C@H]1N=C(Nc1ccc(C(=O)NCCc2ccc(Cl)cc2Cl)cc1)N1CCN[C@@H](C)C1. The summed E-state index contributed by atoms with van der Waals surface area (Å²) in [6.45, 7) is 7.85. The Hall–Kier alpha value is -2.28. The van der Waals surface area contributed by atoms with Gasteiger partial charge in [-0.3, -0.25) is 4.79 Å². The fourth-order valence-corrected chi connectivity index (χ4v) is 5.61. The van der Waals surface area contributed by atoms with E-state index in [2.05, 4.69) is 34.7 Å². The standard InChI is InChI=1S/C29H39Cl2N5O/c1-20-6-4-3-5-7-27(20)35-29(36-17-16-32-21(2)19-36)34-25-12-9-23(10-13-25)28(37)33-15-14-22-8-11-24(30)18-26(22)31/h8-13,18,20-21,27,32H,3-7,14-17,19H2,1-2H3,(H,33,37)(H,34,35)/t20-,21+,27-/m1/s1. The number of benzene rings is 2. The van der Waals surface area contributed by atoms with Crippen molar-refractivity contribution in [1.29, 1.82) is 0 Å². The molecule has 0 spiro atoms. The third kappa shape index (κ3) is 8.10. The molecule has 6 nitrogen and oxygen atoms in total. The van der Waals surface area contributed by atoms with Crippen molar-refractivity contribution in [3.05, 3.63) is 63.6 Å². The number of carbonyl (C=O) groups is 1. The van der Waals surface area contributed by atoms with E-state index in [1.54, 1.807) is 6.07 Å². The summed E-state index contributed by atoms with van der Waals surface area (Å²) in [4.78, 5) is 20.3. The van der Waals surface area contributed by atoms with Crippen LogP contribution < -0.4 is 16.0 Å². The first-order chi connectivity index (χ1) is 17.9. The van der Waals surface area contributed by atoms with E-state index in [-0.39, 0.29) is 5.91 Å². The number of amides is 1. The molecular formula is C29H39Cl2N5O. The van der Waals surface area contributed by atoms with Gasteiger partial charge in [0.05, 0.1) is 6.04 Å². The molecule has 1 aliphatic carbocycles. The van der Waals surface area contributed by atoms with Gasteiger partial charge >= 0.3 is 0 Å². The van der Waals surface area contributed by atoms with Gasteiger partial charge in [0.25, 0.3) is 5.91 Å². The van der Waals surface area contributed by atoms with E-state index >= 15 is 0 Å². The average molecular weight is 545 g/mol. The average Bonchev–Trinajstić information content (AvgIpc) is 3.09. The van der Waals surface area contributed by atoms with Gasteiger partial charge in [-0.2, -0.15) is 0 Å². The summed E-state index contributed by atoms with van der Waals surface area (Å²) in [5.74, 6) is 1.44. The molecule has 2 aliphatic rings. The van der Waals surface area contributed by atoms with E-state index in [1.165, 1.54) is 25.7 Å². The lowest BCUT2D eigenvalue weighted by atomic mass is 9.98. The third-order valence-electron chi connectivity index (χ3n) is 7.37. The Morgan fingerprint density at radius 3 is 2.62 bits per heavy atom. The monoisotopic (exact) mass is 543 g/mol. The Morgan fingerprint density at radius 2 is 1.86 bits per heavy atom. The van der Waals surface area contributed by atoms with Crippen LogP contribution >= 0.6 is 23.2 Å². The van der Waals surface area contributed by atoms with Gasteiger partial charge in [-0.25, -0.2) is 4.99 Å². The van der Waals surface area contributed by atoms with Gasteiger partial charge in [0, 0.05) is 53.5 Å². The van der Waals surface area contributed by atoms with Crippen molar-refractivity contribution < 1.29 is 4.79 Å². The molecule has 2 aromatic carbocycles. The van der Waals surface area contributed by atoms with Crippen molar-refractivity contribution in [1.82, 2.24) is 15.5 Å². The lowest BCUT2D eigenvalue weighted by Gasteiger charge is -2.35. The third-order valence-corrected chi connectivity index (χ3v) is 7.96. The highest BCUT2D eigenvalue weighted by Crippen LogP contribution is 2.26. The number of nitrogens with zero attached hydrogens (tertiary/aromatic N) is 2. The van der Waals surface area contributed by atoms with Crippen LogP contribution in [-0.4, -0.2) is 55.0 Å². The fourth-order valence-electron chi connectivity index (χ4n) is 5.11. The van der Waals surface area contributed by atoms with E-state index in [1.807, 2.05) is 36.4 Å². The Labute approximate surface area is 231 Å². The van der Waals surface area contributed by atoms with Gasteiger partial charge in [-0.05, 0) is 74.1 Å². The highest BCUT2D eigenvalue weighted by molar-refractivity contribution is 6.35. The topological polar surface area (TPSA) is 68.8 Å². The van der Waals surface area contributed by atoms with E-state index in [4.69, 9.17) is 28.2 Å². The van der Waals surface area contributed by atoms with Crippen LogP contribution in [0.3, 0.4) is 0 Å². The van der Waals surface area contributed by atoms with Gasteiger partial charge in [0.2, 0.25) is 0 Å². The smallest absolute Gasteiger partial charge is 0.251 e. The first-order valence-corrected chi connectivity index (χ1v) is 14.3. The minimum atomic E-state index is -0.103. The maximum atomic E-state index is 12.7. The molecule has 3 atom stereocenters. The second kappa shape index (κ2) is 13.5. The molecule has 0 unspecified atom stereocenters. The van der Waals surface area contributed by atoms with Crippen LogP contribution in [0.2, 0.25) is 10.0 Å². The van der Waals surface area contributed by atoms with Gasteiger partial charge < -0.3 is 20.9 Å². The molecule has 4 rings (SSSR count). The zero-order valence-electron chi connectivity index (χ0n) is 21.9. The van der Waals surface area contributed by atoms with Crippen molar-refractivity contribution in [2.45, 2.75) is 64.5 Å². The lowest BCUT2D eigenvalue weighted by molar-refractivity contribution is 0.0954. The first-order valence-electron chi connectivity index (χ1n) is 13.5. The van der Waals surface area contributed by atoms with Crippen molar-refractivity contribution in [2.24, 2.45) is 10.9 Å². The summed E-state index contributed by atoms with van der Waals surface area (Å²) in [5, 5.41) is 11.3. The molecule has 0 bridgehead atoms. The molecule has 0 radical (unpaired) electrons. The number of halogens is 2. The number of anilines is 1. The minimum Gasteiger partial charge on any atom is -0.352 e. The predicted octanol–water partition coefficient (Wildman–Crippen LogP) is 6.00. The zero-order chi connectivity index (χ0) is 26.2. The van der Waals surface area contributed by atoms with E-state index in [0.29, 0.717) is 46.6 Å². The van der Waals surface area contributed by atoms with Crippen LogP contribution in [0.15, 0.2) is 47.5 Å². The molecule has 37 heavy (non-hydrogen) atoms. The molecule has 1 aliphatic heterocycles. The summed E-state index contributed by atoms with van der Waals surface area (Å²) in [6.07, 6.45) is 6.89. The number of nitrogens with one attached hydrogen (secondary N) is 3. The predicted molar refractivity (Wildman–Crippen MR) is 155 cm³/mol. The highest BCUT2D eigenvalue weighted by atomic mass is 35.5. The first kappa shape index (κ1) is 27.7. The zero-order valence-corrected chi connectivity index (χ0v) is 23.4. The van der Waals surface area contributed by atoms with E-state index in [9.17, 15) is 4.79 Å². The van der Waals surface area contributed by atoms with E-state index < -0.39 is 0 Å². The fraction of sp³-hybridized carbons (Fsp3) is 0.517. The number of aliphatic imine (C=N–C) groups is 1. The van der Waals surface area contributed by atoms with Gasteiger partial charge in [0.15, 0.2) is 5.96 Å². The molecule has 3 N–H and O–H groups in total. The normalized spacial score (nSPS) is 22.9. The number of piperazine rings is 1. The number of rotatable bonds is 6. The minimum absolute atomic E-state index is 0.103. The Morgan fingerprint density at radius 1 is 1.08 bits per heavy atom. The lowest BCUT2D eigenvalue weighted by Crippen LogP contribution is -2.53. The van der Waals surface area contributed by atoms with Crippen LogP contribution in [0, 0.1) is 5.92 Å². The summed E-state index contributed by atoms with van der Waals surface area (Å²) in [6, 6.07) is 13.8. The number of hydrogen-bond donors (Lipinski definition) is 3. The quantitative estimate of drug-likeness (QED) is 0.237. The highest BCUT2D eigenvalue weighted by Gasteiger charge is 2.24. The second-order valence-electron chi connectivity index (χ2n) is 10.4. The van der Waals surface area contributed by atoms with Crippen LogP contribution in [-0.2, 0) is 6.42 Å². The Balaban J connectivity index is 1.39. The Kier molecular flexibility index (Phi) is 10.1. The number of guanidine groups is 1. The van der Waals surface area contributed by atoms with Crippen molar-refractivity contribution in [3.63, 3.8) is 0 Å². The van der Waals surface area contributed by atoms with Gasteiger partial charge in [0.1, 0.15) is 0 Å². The molecule has 1 saturated heterocycles. The van der Waals surface area contributed by atoms with Crippen molar-refractivity contribution >= 4 is 40.8 Å². The molecular weight excluding hydrogens is 505 g/mol. The van der Waals surface area contributed by atoms with Crippen LogP contribution in [0.1, 0.15) is 61.9 Å². The van der Waals surface area contributed by atoms with Crippen LogP contribution in [0.25, 0.3) is 0 Å². The Bertz CT molecular complexity index is 1070. The molecule has 200 valence electrons.